The molecule has 2 rings (SSSR count). The largest absolute Gasteiger partial charge is 0.481 e. The molecule has 1 unspecified atom stereocenters. The van der Waals surface area contributed by atoms with E-state index in [2.05, 4.69) is 0 Å². The molecule has 5 heteroatoms. The molecule has 0 aromatic heterocycles. The molecule has 0 aromatic carbocycles. The summed E-state index contributed by atoms with van der Waals surface area (Å²) in [6.07, 6.45) is 7.89. The van der Waals surface area contributed by atoms with Crippen molar-refractivity contribution in [3.8, 4) is 0 Å². The maximum Gasteiger partial charge on any atom is 0.320 e. The number of hydrogen-bond acceptors (Lipinski definition) is 2. The predicted octanol–water partition coefficient (Wildman–Crippen LogP) is 2.95. The predicted molar refractivity (Wildman–Crippen MR) is 81.2 cm³/mol. The molecule has 5 nitrogen and oxygen atoms in total. The number of hydrogen-bond donors (Lipinski definition) is 1. The lowest BCUT2D eigenvalue weighted by atomic mass is 9.83. The quantitative estimate of drug-likeness (QED) is 0.871. The normalized spacial score (nSPS) is 27.3. The van der Waals surface area contributed by atoms with E-state index in [0.717, 1.165) is 32.4 Å². The molecule has 2 aliphatic heterocycles. The number of amides is 2. The Bertz CT molecular complexity index is 378. The zero-order valence-electron chi connectivity index (χ0n) is 13.1. The highest BCUT2D eigenvalue weighted by molar-refractivity contribution is 5.79. The van der Waals surface area contributed by atoms with Crippen LogP contribution < -0.4 is 0 Å². The highest BCUT2D eigenvalue weighted by Gasteiger charge is 2.46. The molecule has 2 aliphatic rings. The van der Waals surface area contributed by atoms with Gasteiger partial charge in [0.2, 0.25) is 0 Å². The first-order valence-electron chi connectivity index (χ1n) is 8.36. The average Bonchev–Trinajstić information content (AvgIpc) is 2.84. The Hall–Kier alpha value is -1.26. The van der Waals surface area contributed by atoms with Crippen LogP contribution in [0.25, 0.3) is 0 Å². The van der Waals surface area contributed by atoms with Gasteiger partial charge in [0.05, 0.1) is 5.41 Å². The number of carbonyl (C=O) groups excluding carboxylic acids is 1. The maximum atomic E-state index is 12.6. The number of nitrogens with zero attached hydrogens (tertiary/aromatic N) is 2. The number of carbonyl (C=O) groups is 2. The topological polar surface area (TPSA) is 60.9 Å². The molecular formula is C16H28N2O3. The van der Waals surface area contributed by atoms with Crippen LogP contribution in [0.3, 0.4) is 0 Å². The van der Waals surface area contributed by atoms with Crippen LogP contribution >= 0.6 is 0 Å². The minimum atomic E-state index is -0.743. The molecule has 0 radical (unpaired) electrons. The van der Waals surface area contributed by atoms with Gasteiger partial charge in [0.15, 0.2) is 0 Å². The first-order chi connectivity index (χ1) is 10.1. The molecule has 1 atom stereocenters. The number of rotatable bonds is 3. The molecule has 0 spiro atoms. The first kappa shape index (κ1) is 16.1. The van der Waals surface area contributed by atoms with Crippen LogP contribution in [-0.4, -0.2) is 53.1 Å². The summed E-state index contributed by atoms with van der Waals surface area (Å²) in [5, 5.41) is 9.54. The molecule has 0 bridgehead atoms. The van der Waals surface area contributed by atoms with Crippen LogP contribution in [0.4, 0.5) is 4.79 Å². The van der Waals surface area contributed by atoms with Crippen molar-refractivity contribution in [2.24, 2.45) is 5.41 Å². The van der Waals surface area contributed by atoms with Gasteiger partial charge in [-0.25, -0.2) is 4.79 Å². The summed E-state index contributed by atoms with van der Waals surface area (Å²) in [6.45, 7) is 4.62. The van der Waals surface area contributed by atoms with Gasteiger partial charge < -0.3 is 14.9 Å². The van der Waals surface area contributed by atoms with Crippen LogP contribution in [0, 0.1) is 5.41 Å². The summed E-state index contributed by atoms with van der Waals surface area (Å²) in [7, 11) is 0. The minimum Gasteiger partial charge on any atom is -0.481 e. The van der Waals surface area contributed by atoms with Crippen LogP contribution in [0.5, 0.6) is 0 Å². The van der Waals surface area contributed by atoms with E-state index in [0.29, 0.717) is 25.9 Å². The van der Waals surface area contributed by atoms with Gasteiger partial charge in [0.1, 0.15) is 0 Å². The molecule has 120 valence electrons. The highest BCUT2D eigenvalue weighted by Crippen LogP contribution is 2.36. The summed E-state index contributed by atoms with van der Waals surface area (Å²) < 4.78 is 0. The molecule has 2 saturated heterocycles. The number of carboxylic acids is 1. The summed E-state index contributed by atoms with van der Waals surface area (Å²) in [4.78, 5) is 27.9. The number of urea groups is 1. The molecular weight excluding hydrogens is 268 g/mol. The molecule has 0 aliphatic carbocycles. The third kappa shape index (κ3) is 3.69. The lowest BCUT2D eigenvalue weighted by Gasteiger charge is -2.30. The van der Waals surface area contributed by atoms with E-state index in [4.69, 9.17) is 0 Å². The van der Waals surface area contributed by atoms with E-state index >= 15 is 0 Å². The molecule has 2 fully saturated rings. The molecule has 1 N–H and O–H groups in total. The number of carboxylic acid groups (broad SMARTS) is 1. The van der Waals surface area contributed by atoms with E-state index in [1.54, 1.807) is 4.90 Å². The van der Waals surface area contributed by atoms with Crippen LogP contribution in [0.15, 0.2) is 0 Å². The van der Waals surface area contributed by atoms with Gasteiger partial charge in [-0.3, -0.25) is 4.79 Å². The number of aliphatic carboxylic acids is 1. The van der Waals surface area contributed by atoms with Crippen molar-refractivity contribution in [3.63, 3.8) is 0 Å². The van der Waals surface area contributed by atoms with Gasteiger partial charge >= 0.3 is 12.0 Å². The second-order valence-electron chi connectivity index (χ2n) is 6.54. The SMILES string of the molecule is CCCC1(C(=O)O)CCN(C(=O)N2CCCCCCC2)C1. The molecule has 2 heterocycles. The fourth-order valence-electron chi connectivity index (χ4n) is 3.64. The lowest BCUT2D eigenvalue weighted by molar-refractivity contribution is -0.148. The van der Waals surface area contributed by atoms with Crippen molar-refractivity contribution >= 4 is 12.0 Å². The van der Waals surface area contributed by atoms with E-state index < -0.39 is 11.4 Å². The molecule has 0 aromatic rings. The van der Waals surface area contributed by atoms with E-state index in [-0.39, 0.29) is 6.03 Å². The summed E-state index contributed by atoms with van der Waals surface area (Å²) in [6, 6.07) is 0.0520. The second-order valence-corrected chi connectivity index (χ2v) is 6.54. The summed E-state index contributed by atoms with van der Waals surface area (Å²) in [5.74, 6) is -0.743. The van der Waals surface area contributed by atoms with Crippen LogP contribution in [0.1, 0.15) is 58.3 Å². The first-order valence-corrected chi connectivity index (χ1v) is 8.36. The van der Waals surface area contributed by atoms with Gasteiger partial charge in [-0.2, -0.15) is 0 Å². The zero-order chi connectivity index (χ0) is 15.3. The van der Waals surface area contributed by atoms with E-state index in [9.17, 15) is 14.7 Å². The van der Waals surface area contributed by atoms with Crippen molar-refractivity contribution in [2.75, 3.05) is 26.2 Å². The third-order valence-electron chi connectivity index (χ3n) is 4.93. The smallest absolute Gasteiger partial charge is 0.320 e. The Kier molecular flexibility index (Phi) is 5.48. The molecule has 0 saturated carbocycles. The average molecular weight is 296 g/mol. The molecule has 21 heavy (non-hydrogen) atoms. The minimum absolute atomic E-state index is 0.0520. The van der Waals surface area contributed by atoms with Crippen molar-refractivity contribution in [2.45, 2.75) is 58.3 Å². The monoisotopic (exact) mass is 296 g/mol. The van der Waals surface area contributed by atoms with Crippen molar-refractivity contribution in [1.29, 1.82) is 0 Å². The zero-order valence-corrected chi connectivity index (χ0v) is 13.1. The van der Waals surface area contributed by atoms with E-state index in [1.807, 2.05) is 11.8 Å². The Morgan fingerprint density at radius 1 is 1.00 bits per heavy atom. The van der Waals surface area contributed by atoms with Crippen LogP contribution in [-0.2, 0) is 4.79 Å². The standard InChI is InChI=1S/C16H28N2O3/c1-2-8-16(14(19)20)9-12-18(13-16)15(21)17-10-6-4-3-5-7-11-17/h2-13H2,1H3,(H,19,20). The maximum absolute atomic E-state index is 12.6. The second kappa shape index (κ2) is 7.14. The molecule has 2 amide bonds. The Balaban J connectivity index is 1.98. The van der Waals surface area contributed by atoms with Crippen molar-refractivity contribution in [3.05, 3.63) is 0 Å². The van der Waals surface area contributed by atoms with E-state index in [1.165, 1.54) is 19.3 Å². The Morgan fingerprint density at radius 2 is 1.62 bits per heavy atom. The van der Waals surface area contributed by atoms with Crippen LogP contribution in [0.2, 0.25) is 0 Å². The Labute approximate surface area is 127 Å². The van der Waals surface area contributed by atoms with Crippen molar-refractivity contribution in [1.82, 2.24) is 9.80 Å². The van der Waals surface area contributed by atoms with Gasteiger partial charge in [-0.1, -0.05) is 32.6 Å². The van der Waals surface area contributed by atoms with Gasteiger partial charge in [0, 0.05) is 26.2 Å². The van der Waals surface area contributed by atoms with Crippen molar-refractivity contribution < 1.29 is 14.7 Å². The van der Waals surface area contributed by atoms with Gasteiger partial charge in [-0.15, -0.1) is 0 Å². The summed E-state index contributed by atoms with van der Waals surface area (Å²) in [5.41, 5.74) is -0.715. The van der Waals surface area contributed by atoms with Gasteiger partial charge in [0.25, 0.3) is 0 Å². The third-order valence-corrected chi connectivity index (χ3v) is 4.93. The fraction of sp³-hybridized carbons (Fsp3) is 0.875. The lowest BCUT2D eigenvalue weighted by Crippen LogP contribution is -2.45. The number of likely N-dealkylation sites (tertiary alicyclic amines) is 2. The Morgan fingerprint density at radius 3 is 2.19 bits per heavy atom. The summed E-state index contributed by atoms with van der Waals surface area (Å²) >= 11 is 0. The fourth-order valence-corrected chi connectivity index (χ4v) is 3.64. The highest BCUT2D eigenvalue weighted by atomic mass is 16.4. The van der Waals surface area contributed by atoms with Gasteiger partial charge in [-0.05, 0) is 25.7 Å².